The van der Waals surface area contributed by atoms with Gasteiger partial charge < -0.3 is 15.7 Å². The third-order valence-electron chi connectivity index (χ3n) is 2.70. The summed E-state index contributed by atoms with van der Waals surface area (Å²) in [5.41, 5.74) is 0. The van der Waals surface area contributed by atoms with Gasteiger partial charge in [-0.25, -0.2) is 0 Å². The van der Waals surface area contributed by atoms with Gasteiger partial charge in [-0.15, -0.1) is 0 Å². The Labute approximate surface area is 131 Å². The Balaban J connectivity index is -0.00000112. The summed E-state index contributed by atoms with van der Waals surface area (Å²) in [6.07, 6.45) is 12.8. The first-order chi connectivity index (χ1) is 7.77. The molecule has 0 aromatic heterocycles. The average Bonchev–Trinajstić information content (AvgIpc) is 2.25. The molecule has 0 heterocycles. The van der Waals surface area contributed by atoms with Gasteiger partial charge in [-0.05, 0) is 6.42 Å². The predicted molar refractivity (Wildman–Crippen MR) is 70.3 cm³/mol. The molecule has 0 unspecified atom stereocenters. The summed E-state index contributed by atoms with van der Waals surface area (Å²) in [6, 6.07) is 0. The van der Waals surface area contributed by atoms with Crippen LogP contribution in [0, 0.1) is 0 Å². The molecule has 0 fully saturated rings. The van der Waals surface area contributed by atoms with Crippen LogP contribution in [-0.2, 0) is 4.52 Å². The third kappa shape index (κ3) is 19.8. The monoisotopic (exact) mass is 274 g/mol. The molecule has 0 saturated carbocycles. The van der Waals surface area contributed by atoms with E-state index in [1.165, 1.54) is 51.4 Å². The van der Waals surface area contributed by atoms with Crippen molar-refractivity contribution in [2.45, 2.75) is 71.1 Å². The molecule has 0 aromatic carbocycles. The van der Waals surface area contributed by atoms with E-state index in [9.17, 15) is 0 Å². The number of unbranched alkanes of at least 4 members (excludes halogenated alkanes) is 9. The topological polar surface area (TPSA) is 49.7 Å². The van der Waals surface area contributed by atoms with Crippen LogP contribution < -0.4 is 29.6 Å². The molecule has 0 spiro atoms. The SMILES string of the molecule is CCCCCCCCCCCCOP(O)O.[H-].[Na+]. The molecule has 0 rings (SSSR count). The zero-order valence-corrected chi connectivity index (χ0v) is 14.4. The minimum absolute atomic E-state index is 0. The normalized spacial score (nSPS) is 10.6. The maximum Gasteiger partial charge on any atom is 1.00 e. The molecule has 0 aromatic rings. The standard InChI is InChI=1S/C12H27O3P.Na.H/c1-2-3-4-5-6-7-8-9-10-11-12-15-16(13)14;;/h13-14H,2-12H2,1H3;;/q;+1;-1. The zero-order valence-electron chi connectivity index (χ0n) is 12.5. The van der Waals surface area contributed by atoms with Gasteiger partial charge in [-0.2, -0.15) is 0 Å². The van der Waals surface area contributed by atoms with E-state index in [1.54, 1.807) is 0 Å². The van der Waals surface area contributed by atoms with Gasteiger partial charge in [0.1, 0.15) is 0 Å². The molecule has 17 heavy (non-hydrogen) atoms. The summed E-state index contributed by atoms with van der Waals surface area (Å²) in [4.78, 5) is 17.0. The Kier molecular flexibility index (Phi) is 21.0. The van der Waals surface area contributed by atoms with Crippen LogP contribution in [0.5, 0.6) is 0 Å². The largest absolute Gasteiger partial charge is 1.00 e. The molecule has 0 saturated heterocycles. The van der Waals surface area contributed by atoms with Gasteiger partial charge in [0.2, 0.25) is 0 Å². The number of hydrogen-bond donors (Lipinski definition) is 2. The summed E-state index contributed by atoms with van der Waals surface area (Å²) in [7, 11) is -2.14. The van der Waals surface area contributed by atoms with Gasteiger partial charge in [0.15, 0.2) is 0 Å². The van der Waals surface area contributed by atoms with E-state index in [0.29, 0.717) is 6.61 Å². The van der Waals surface area contributed by atoms with Gasteiger partial charge in [-0.1, -0.05) is 64.7 Å². The van der Waals surface area contributed by atoms with E-state index >= 15 is 0 Å². The van der Waals surface area contributed by atoms with Gasteiger partial charge in [-0.3, -0.25) is 0 Å². The Hall–Kier alpha value is 1.31. The van der Waals surface area contributed by atoms with E-state index in [1.807, 2.05) is 0 Å². The van der Waals surface area contributed by atoms with Crippen LogP contribution in [0.2, 0.25) is 0 Å². The van der Waals surface area contributed by atoms with Gasteiger partial charge >= 0.3 is 38.2 Å². The summed E-state index contributed by atoms with van der Waals surface area (Å²) in [5.74, 6) is 0. The van der Waals surface area contributed by atoms with Crippen molar-refractivity contribution in [2.75, 3.05) is 6.61 Å². The molecule has 0 radical (unpaired) electrons. The van der Waals surface area contributed by atoms with Gasteiger partial charge in [0.05, 0.1) is 6.61 Å². The van der Waals surface area contributed by atoms with Crippen molar-refractivity contribution in [1.29, 1.82) is 0 Å². The summed E-state index contributed by atoms with van der Waals surface area (Å²) in [5, 5.41) is 0. The van der Waals surface area contributed by atoms with Crippen LogP contribution in [-0.4, -0.2) is 16.4 Å². The Morgan fingerprint density at radius 3 is 1.65 bits per heavy atom. The Bertz CT molecular complexity index is 142. The molecule has 3 nitrogen and oxygen atoms in total. The molecule has 0 aliphatic heterocycles. The molecule has 0 aliphatic carbocycles. The molecular weight excluding hydrogens is 246 g/mol. The van der Waals surface area contributed by atoms with Crippen LogP contribution in [0.4, 0.5) is 0 Å². The second kappa shape index (κ2) is 17.3. The van der Waals surface area contributed by atoms with E-state index in [4.69, 9.17) is 9.79 Å². The second-order valence-electron chi connectivity index (χ2n) is 4.27. The van der Waals surface area contributed by atoms with E-state index in [0.717, 1.165) is 12.8 Å². The number of rotatable bonds is 12. The molecule has 0 amide bonds. The molecule has 0 bridgehead atoms. The quantitative estimate of drug-likeness (QED) is 0.320. The summed E-state index contributed by atoms with van der Waals surface area (Å²) in [6.45, 7) is 2.72. The van der Waals surface area contributed by atoms with E-state index in [-0.39, 0.29) is 31.0 Å². The fraction of sp³-hybridized carbons (Fsp3) is 1.00. The first-order valence-corrected chi connectivity index (χ1v) is 7.74. The van der Waals surface area contributed by atoms with Crippen LogP contribution in [0.25, 0.3) is 0 Å². The maximum absolute atomic E-state index is 8.49. The summed E-state index contributed by atoms with van der Waals surface area (Å²) >= 11 is 0. The van der Waals surface area contributed by atoms with Gasteiger partial charge in [0, 0.05) is 0 Å². The first-order valence-electron chi connectivity index (χ1n) is 6.58. The fourth-order valence-corrected chi connectivity index (χ4v) is 2.03. The summed E-state index contributed by atoms with van der Waals surface area (Å²) < 4.78 is 4.69. The smallest absolute Gasteiger partial charge is 1.00 e. The average molecular weight is 274 g/mol. The third-order valence-corrected chi connectivity index (χ3v) is 3.12. The molecular formula is C12H28NaO3P. The molecule has 2 N–H and O–H groups in total. The van der Waals surface area contributed by atoms with Crippen molar-refractivity contribution in [1.82, 2.24) is 0 Å². The van der Waals surface area contributed by atoms with Crippen LogP contribution in [0.3, 0.4) is 0 Å². The van der Waals surface area contributed by atoms with Crippen molar-refractivity contribution >= 4 is 8.60 Å². The molecule has 0 atom stereocenters. The number of hydrogen-bond acceptors (Lipinski definition) is 3. The van der Waals surface area contributed by atoms with Gasteiger partial charge in [0.25, 0.3) is 0 Å². The van der Waals surface area contributed by atoms with Crippen molar-refractivity contribution in [3.8, 4) is 0 Å². The van der Waals surface area contributed by atoms with Crippen LogP contribution >= 0.6 is 8.60 Å². The van der Waals surface area contributed by atoms with Crippen molar-refractivity contribution in [3.05, 3.63) is 0 Å². The molecule has 5 heteroatoms. The second-order valence-corrected chi connectivity index (χ2v) is 5.03. The minimum atomic E-state index is -2.14. The van der Waals surface area contributed by atoms with Crippen LogP contribution in [0.1, 0.15) is 72.6 Å². The minimum Gasteiger partial charge on any atom is -1.00 e. The van der Waals surface area contributed by atoms with Crippen molar-refractivity contribution < 1.29 is 45.3 Å². The Morgan fingerprint density at radius 2 is 1.24 bits per heavy atom. The van der Waals surface area contributed by atoms with Crippen molar-refractivity contribution in [2.24, 2.45) is 0 Å². The molecule has 0 aliphatic rings. The maximum atomic E-state index is 8.49. The predicted octanol–water partition coefficient (Wildman–Crippen LogP) is 1.25. The fourth-order valence-electron chi connectivity index (χ4n) is 1.74. The Morgan fingerprint density at radius 1 is 0.824 bits per heavy atom. The van der Waals surface area contributed by atoms with E-state index in [2.05, 4.69) is 11.4 Å². The van der Waals surface area contributed by atoms with Crippen molar-refractivity contribution in [3.63, 3.8) is 0 Å². The first kappa shape index (κ1) is 20.6. The van der Waals surface area contributed by atoms with E-state index < -0.39 is 8.60 Å². The molecule has 100 valence electrons. The zero-order chi connectivity index (χ0) is 12.1. The van der Waals surface area contributed by atoms with Crippen LogP contribution in [0.15, 0.2) is 0 Å².